The molecule has 0 saturated heterocycles. The molecule has 4 heteroatoms. The van der Waals surface area contributed by atoms with Crippen LogP contribution in [0.3, 0.4) is 0 Å². The van der Waals surface area contributed by atoms with Crippen molar-refractivity contribution in [2.75, 3.05) is 21.3 Å². The smallest absolute Gasteiger partial charge is 0.203 e. The molecule has 120 valence electrons. The second-order valence-electron chi connectivity index (χ2n) is 6.19. The standard InChI is InChI=1S/C18H24O4/c1-18(2)8-6-7-13(17(18)19)9-12-10-14(20-3)16(22-5)15(11-12)21-4/h9-11H,6-8H2,1-5H3/b13-9+. The number of allylic oxidation sites excluding steroid dienone is 1. The lowest BCUT2D eigenvalue weighted by Gasteiger charge is -2.29. The van der Waals surface area contributed by atoms with Gasteiger partial charge in [0.1, 0.15) is 0 Å². The van der Waals surface area contributed by atoms with E-state index in [0.717, 1.165) is 30.4 Å². The van der Waals surface area contributed by atoms with Gasteiger partial charge in [0.05, 0.1) is 21.3 Å². The number of hydrogen-bond acceptors (Lipinski definition) is 4. The van der Waals surface area contributed by atoms with E-state index >= 15 is 0 Å². The first-order chi connectivity index (χ1) is 10.4. The molecule has 0 unspecified atom stereocenters. The van der Waals surface area contributed by atoms with E-state index in [0.29, 0.717) is 17.2 Å². The molecule has 0 spiro atoms. The minimum atomic E-state index is -0.273. The summed E-state index contributed by atoms with van der Waals surface area (Å²) < 4.78 is 16.0. The van der Waals surface area contributed by atoms with Crippen molar-refractivity contribution in [1.29, 1.82) is 0 Å². The topological polar surface area (TPSA) is 44.8 Å². The molecular weight excluding hydrogens is 280 g/mol. The maximum atomic E-state index is 12.5. The molecule has 0 aromatic heterocycles. The zero-order valence-electron chi connectivity index (χ0n) is 14.0. The van der Waals surface area contributed by atoms with Crippen LogP contribution in [-0.4, -0.2) is 27.1 Å². The molecule has 1 aliphatic carbocycles. The molecule has 1 aliphatic rings. The Labute approximate surface area is 132 Å². The molecular formula is C18H24O4. The van der Waals surface area contributed by atoms with Crippen LogP contribution in [0.1, 0.15) is 38.7 Å². The zero-order valence-corrected chi connectivity index (χ0v) is 14.0. The van der Waals surface area contributed by atoms with Gasteiger partial charge in [0.15, 0.2) is 17.3 Å². The maximum absolute atomic E-state index is 12.5. The second-order valence-corrected chi connectivity index (χ2v) is 6.19. The first-order valence-electron chi connectivity index (χ1n) is 7.48. The third kappa shape index (κ3) is 3.11. The van der Waals surface area contributed by atoms with Crippen LogP contribution in [0.5, 0.6) is 17.2 Å². The van der Waals surface area contributed by atoms with Gasteiger partial charge >= 0.3 is 0 Å². The fourth-order valence-electron chi connectivity index (χ4n) is 2.91. The van der Waals surface area contributed by atoms with Crippen LogP contribution in [-0.2, 0) is 4.79 Å². The number of ether oxygens (including phenoxy) is 3. The third-order valence-electron chi connectivity index (χ3n) is 4.18. The first-order valence-corrected chi connectivity index (χ1v) is 7.48. The average Bonchev–Trinajstić information content (AvgIpc) is 2.50. The Kier molecular flexibility index (Phi) is 4.79. The molecule has 22 heavy (non-hydrogen) atoms. The monoisotopic (exact) mass is 304 g/mol. The highest BCUT2D eigenvalue weighted by atomic mass is 16.5. The molecule has 0 radical (unpaired) electrons. The lowest BCUT2D eigenvalue weighted by Crippen LogP contribution is -2.29. The van der Waals surface area contributed by atoms with Crippen LogP contribution in [0, 0.1) is 5.41 Å². The van der Waals surface area contributed by atoms with E-state index in [9.17, 15) is 4.79 Å². The molecule has 0 atom stereocenters. The molecule has 0 amide bonds. The minimum Gasteiger partial charge on any atom is -0.493 e. The predicted octanol–water partition coefficient (Wildman–Crippen LogP) is 3.88. The van der Waals surface area contributed by atoms with Crippen molar-refractivity contribution in [2.24, 2.45) is 5.41 Å². The van der Waals surface area contributed by atoms with Crippen molar-refractivity contribution >= 4 is 11.9 Å². The summed E-state index contributed by atoms with van der Waals surface area (Å²) in [5.74, 6) is 1.97. The van der Waals surface area contributed by atoms with Gasteiger partial charge in [-0.05, 0) is 48.6 Å². The molecule has 1 fully saturated rings. The van der Waals surface area contributed by atoms with E-state index in [1.165, 1.54) is 0 Å². The van der Waals surface area contributed by atoms with Gasteiger partial charge in [-0.15, -0.1) is 0 Å². The molecule has 0 bridgehead atoms. The van der Waals surface area contributed by atoms with Crippen LogP contribution in [0.15, 0.2) is 17.7 Å². The summed E-state index contributed by atoms with van der Waals surface area (Å²) in [6, 6.07) is 3.73. The van der Waals surface area contributed by atoms with E-state index in [1.807, 2.05) is 32.1 Å². The summed E-state index contributed by atoms with van der Waals surface area (Å²) in [6.45, 7) is 4.02. The molecule has 1 aromatic carbocycles. The number of benzene rings is 1. The molecule has 1 aromatic rings. The van der Waals surface area contributed by atoms with Gasteiger partial charge in [-0.1, -0.05) is 13.8 Å². The quantitative estimate of drug-likeness (QED) is 0.792. The van der Waals surface area contributed by atoms with Gasteiger partial charge in [-0.25, -0.2) is 0 Å². The summed E-state index contributed by atoms with van der Waals surface area (Å²) in [5, 5.41) is 0. The molecule has 0 N–H and O–H groups in total. The van der Waals surface area contributed by atoms with Crippen molar-refractivity contribution in [2.45, 2.75) is 33.1 Å². The van der Waals surface area contributed by atoms with Crippen molar-refractivity contribution in [3.8, 4) is 17.2 Å². The van der Waals surface area contributed by atoms with Gasteiger partial charge in [0.2, 0.25) is 5.75 Å². The Morgan fingerprint density at radius 2 is 1.64 bits per heavy atom. The zero-order chi connectivity index (χ0) is 16.3. The normalized spacial score (nSPS) is 19.1. The molecule has 0 heterocycles. The number of ketones is 1. The number of Topliss-reactive ketones (excluding diaryl/α,β-unsaturated/α-hetero) is 1. The lowest BCUT2D eigenvalue weighted by molar-refractivity contribution is -0.124. The van der Waals surface area contributed by atoms with E-state index in [4.69, 9.17) is 14.2 Å². The Morgan fingerprint density at radius 1 is 1.05 bits per heavy atom. The number of carbonyl (C=O) groups is 1. The van der Waals surface area contributed by atoms with Gasteiger partial charge in [-0.3, -0.25) is 4.79 Å². The van der Waals surface area contributed by atoms with Gasteiger partial charge in [-0.2, -0.15) is 0 Å². The van der Waals surface area contributed by atoms with Gasteiger partial charge < -0.3 is 14.2 Å². The third-order valence-corrected chi connectivity index (χ3v) is 4.18. The fraction of sp³-hybridized carbons (Fsp3) is 0.500. The Bertz CT molecular complexity index is 574. The van der Waals surface area contributed by atoms with Crippen LogP contribution >= 0.6 is 0 Å². The average molecular weight is 304 g/mol. The highest BCUT2D eigenvalue weighted by molar-refractivity contribution is 6.03. The largest absolute Gasteiger partial charge is 0.493 e. The first kappa shape index (κ1) is 16.4. The maximum Gasteiger partial charge on any atom is 0.203 e. The number of methoxy groups -OCH3 is 3. The lowest BCUT2D eigenvalue weighted by atomic mass is 9.73. The molecule has 0 aliphatic heterocycles. The van der Waals surface area contributed by atoms with Crippen molar-refractivity contribution in [3.63, 3.8) is 0 Å². The highest BCUT2D eigenvalue weighted by Crippen LogP contribution is 2.40. The summed E-state index contributed by atoms with van der Waals surface area (Å²) in [7, 11) is 4.75. The van der Waals surface area contributed by atoms with E-state index in [-0.39, 0.29) is 11.2 Å². The van der Waals surface area contributed by atoms with Crippen LogP contribution < -0.4 is 14.2 Å². The van der Waals surface area contributed by atoms with E-state index < -0.39 is 0 Å². The summed E-state index contributed by atoms with van der Waals surface area (Å²) >= 11 is 0. The highest BCUT2D eigenvalue weighted by Gasteiger charge is 2.33. The van der Waals surface area contributed by atoms with Crippen LogP contribution in [0.2, 0.25) is 0 Å². The SMILES string of the molecule is COc1cc(/C=C2\CCCC(C)(C)C2=O)cc(OC)c1OC. The second kappa shape index (κ2) is 6.42. The van der Waals surface area contributed by atoms with E-state index in [1.54, 1.807) is 21.3 Å². The minimum absolute atomic E-state index is 0.229. The number of rotatable bonds is 4. The van der Waals surface area contributed by atoms with Gasteiger partial charge in [0.25, 0.3) is 0 Å². The summed E-state index contributed by atoms with van der Waals surface area (Å²) in [4.78, 5) is 12.5. The Morgan fingerprint density at radius 3 is 2.14 bits per heavy atom. The molecule has 2 rings (SSSR count). The predicted molar refractivity (Wildman–Crippen MR) is 86.7 cm³/mol. The van der Waals surface area contributed by atoms with Gasteiger partial charge in [0, 0.05) is 5.41 Å². The number of carbonyl (C=O) groups excluding carboxylic acids is 1. The van der Waals surface area contributed by atoms with Crippen molar-refractivity contribution < 1.29 is 19.0 Å². The number of hydrogen-bond donors (Lipinski definition) is 0. The Hall–Kier alpha value is -1.97. The van der Waals surface area contributed by atoms with E-state index in [2.05, 4.69) is 0 Å². The fourth-order valence-corrected chi connectivity index (χ4v) is 2.91. The van der Waals surface area contributed by atoms with Crippen molar-refractivity contribution in [1.82, 2.24) is 0 Å². The van der Waals surface area contributed by atoms with Crippen LogP contribution in [0.25, 0.3) is 6.08 Å². The molecule has 1 saturated carbocycles. The summed E-state index contributed by atoms with van der Waals surface area (Å²) in [5.41, 5.74) is 1.48. The summed E-state index contributed by atoms with van der Waals surface area (Å²) in [6.07, 6.45) is 4.74. The molecule has 4 nitrogen and oxygen atoms in total. The van der Waals surface area contributed by atoms with Crippen LogP contribution in [0.4, 0.5) is 0 Å². The van der Waals surface area contributed by atoms with Crippen molar-refractivity contribution in [3.05, 3.63) is 23.3 Å². The Balaban J connectivity index is 2.45.